The van der Waals surface area contributed by atoms with Gasteiger partial charge in [-0.1, -0.05) is 42.2 Å². The number of aryl methyl sites for hydroxylation is 1. The molecule has 0 spiro atoms. The fraction of sp³-hybridized carbons (Fsp3) is 0.182. The summed E-state index contributed by atoms with van der Waals surface area (Å²) in [5.74, 6) is 0.753. The Morgan fingerprint density at radius 2 is 1.90 bits per heavy atom. The summed E-state index contributed by atoms with van der Waals surface area (Å²) < 4.78 is 13.3. The number of thiocarbonyl (C=S) groups is 1. The van der Waals surface area contributed by atoms with Crippen LogP contribution in [0.25, 0.3) is 11.7 Å². The number of hydrogen-bond donors (Lipinski definition) is 0. The number of methoxy groups -OCH3 is 1. The van der Waals surface area contributed by atoms with Crippen LogP contribution in [0.4, 0.5) is 0 Å². The Morgan fingerprint density at radius 3 is 2.58 bits per heavy atom. The summed E-state index contributed by atoms with van der Waals surface area (Å²) in [4.78, 5) is 32.5. The van der Waals surface area contributed by atoms with Gasteiger partial charge in [-0.2, -0.15) is 4.98 Å². The van der Waals surface area contributed by atoms with Gasteiger partial charge in [0.05, 0.1) is 12.0 Å². The highest BCUT2D eigenvalue weighted by Crippen LogP contribution is 2.35. The number of nitrogens with zero attached hydrogens (tertiary/aromatic N) is 3. The number of ether oxygens (including phenoxy) is 2. The molecule has 3 heterocycles. The summed E-state index contributed by atoms with van der Waals surface area (Å²) >= 11 is 6.44. The van der Waals surface area contributed by atoms with Crippen LogP contribution in [0, 0.1) is 6.92 Å². The van der Waals surface area contributed by atoms with Crippen molar-refractivity contribution < 1.29 is 14.3 Å². The van der Waals surface area contributed by atoms with Gasteiger partial charge in [-0.3, -0.25) is 18.9 Å². The van der Waals surface area contributed by atoms with Gasteiger partial charge in [0, 0.05) is 12.7 Å². The number of fused-ring (bicyclic) bond motifs is 1. The van der Waals surface area contributed by atoms with E-state index >= 15 is 0 Å². The molecule has 1 amide bonds. The molecule has 0 saturated carbocycles. The molecular weight excluding hydrogens is 434 g/mol. The molecule has 4 rings (SSSR count). The van der Waals surface area contributed by atoms with E-state index in [-0.39, 0.29) is 22.9 Å². The van der Waals surface area contributed by atoms with Gasteiger partial charge in [0.1, 0.15) is 15.5 Å². The normalized spacial score (nSPS) is 15.2. The summed E-state index contributed by atoms with van der Waals surface area (Å²) in [6, 6.07) is 10.7. The third-order valence-electron chi connectivity index (χ3n) is 4.79. The number of carbonyl (C=O) groups is 1. The Balaban J connectivity index is 1.93. The molecule has 31 heavy (non-hydrogen) atoms. The number of thioether (sulfide) groups is 1. The van der Waals surface area contributed by atoms with Crippen LogP contribution in [-0.4, -0.2) is 38.2 Å². The Hall–Kier alpha value is -3.17. The van der Waals surface area contributed by atoms with Gasteiger partial charge in [0.25, 0.3) is 11.5 Å². The summed E-state index contributed by atoms with van der Waals surface area (Å²) in [6.45, 7) is 4.17. The second-order valence-corrected chi connectivity index (χ2v) is 8.38. The van der Waals surface area contributed by atoms with Gasteiger partial charge in [-0.25, -0.2) is 0 Å². The van der Waals surface area contributed by atoms with E-state index in [0.29, 0.717) is 32.9 Å². The first-order valence-electron chi connectivity index (χ1n) is 9.52. The zero-order valence-electron chi connectivity index (χ0n) is 17.1. The van der Waals surface area contributed by atoms with Crippen molar-refractivity contribution in [3.63, 3.8) is 0 Å². The third-order valence-corrected chi connectivity index (χ3v) is 6.17. The van der Waals surface area contributed by atoms with Crippen LogP contribution in [0.2, 0.25) is 0 Å². The maximum absolute atomic E-state index is 13.4. The molecule has 2 aromatic heterocycles. The summed E-state index contributed by atoms with van der Waals surface area (Å²) in [7, 11) is 1.53. The van der Waals surface area contributed by atoms with Crippen molar-refractivity contribution in [3.05, 3.63) is 69.0 Å². The number of benzene rings is 1. The van der Waals surface area contributed by atoms with Gasteiger partial charge >= 0.3 is 0 Å². The molecule has 1 fully saturated rings. The van der Waals surface area contributed by atoms with Crippen molar-refractivity contribution in [3.8, 4) is 17.4 Å². The van der Waals surface area contributed by atoms with Crippen molar-refractivity contribution in [1.29, 1.82) is 0 Å². The van der Waals surface area contributed by atoms with Crippen LogP contribution < -0.4 is 15.0 Å². The van der Waals surface area contributed by atoms with E-state index in [2.05, 4.69) is 4.98 Å². The van der Waals surface area contributed by atoms with Gasteiger partial charge < -0.3 is 9.47 Å². The Bertz CT molecular complexity index is 1300. The summed E-state index contributed by atoms with van der Waals surface area (Å²) in [6.07, 6.45) is 3.14. The average molecular weight is 454 g/mol. The van der Waals surface area contributed by atoms with Crippen LogP contribution in [0.1, 0.15) is 18.1 Å². The lowest BCUT2D eigenvalue weighted by Crippen LogP contribution is -2.27. The molecule has 0 radical (unpaired) electrons. The molecule has 0 atom stereocenters. The molecule has 3 aromatic rings. The predicted molar refractivity (Wildman–Crippen MR) is 125 cm³/mol. The molecule has 158 valence electrons. The SMILES string of the molecule is CCN1C(=O)/C(=C\c2c(Oc3ccccc3OC)nc3c(C)cccn3c2=O)SC1=S. The fourth-order valence-corrected chi connectivity index (χ4v) is 4.57. The zero-order valence-corrected chi connectivity index (χ0v) is 18.8. The first-order chi connectivity index (χ1) is 14.9. The number of aromatic nitrogens is 2. The molecule has 0 bridgehead atoms. The van der Waals surface area contributed by atoms with Crippen LogP contribution >= 0.6 is 24.0 Å². The first-order valence-corrected chi connectivity index (χ1v) is 10.7. The lowest BCUT2D eigenvalue weighted by Gasteiger charge is -2.13. The van der Waals surface area contributed by atoms with E-state index in [1.165, 1.54) is 22.5 Å². The van der Waals surface area contributed by atoms with Crippen LogP contribution in [0.15, 0.2) is 52.3 Å². The largest absolute Gasteiger partial charge is 0.493 e. The monoisotopic (exact) mass is 453 g/mol. The molecular formula is C22H19N3O4S2. The van der Waals surface area contributed by atoms with Crippen LogP contribution in [0.3, 0.4) is 0 Å². The quantitative estimate of drug-likeness (QED) is 0.427. The minimum absolute atomic E-state index is 0.0885. The molecule has 1 saturated heterocycles. The van der Waals surface area contributed by atoms with Crippen LogP contribution in [0.5, 0.6) is 17.4 Å². The average Bonchev–Trinajstić information content (AvgIpc) is 3.04. The van der Waals surface area contributed by atoms with E-state index in [1.54, 1.807) is 30.5 Å². The third kappa shape index (κ3) is 3.82. The topological polar surface area (TPSA) is 73.1 Å². The van der Waals surface area contributed by atoms with Crippen molar-refractivity contribution in [2.24, 2.45) is 0 Å². The van der Waals surface area contributed by atoms with Crippen molar-refractivity contribution in [1.82, 2.24) is 14.3 Å². The van der Waals surface area contributed by atoms with Crippen molar-refractivity contribution in [2.75, 3.05) is 13.7 Å². The molecule has 0 unspecified atom stereocenters. The van der Waals surface area contributed by atoms with Gasteiger partial charge in [0.2, 0.25) is 5.88 Å². The zero-order chi connectivity index (χ0) is 22.1. The maximum Gasteiger partial charge on any atom is 0.269 e. The van der Waals surface area contributed by atoms with E-state index < -0.39 is 0 Å². The molecule has 0 aliphatic carbocycles. The minimum Gasteiger partial charge on any atom is -0.493 e. The molecule has 7 nitrogen and oxygen atoms in total. The van der Waals surface area contributed by atoms with E-state index in [4.69, 9.17) is 21.7 Å². The smallest absolute Gasteiger partial charge is 0.269 e. The standard InChI is InChI=1S/C22H19N3O4S2/c1-4-24-21(27)17(31-22(24)30)12-14-19(29-16-10-6-5-9-15(16)28-3)23-18-13(2)8-7-11-25(18)20(14)26/h5-12H,4H2,1-3H3/b17-12+. The minimum atomic E-state index is -0.347. The summed E-state index contributed by atoms with van der Waals surface area (Å²) in [5.41, 5.74) is 1.09. The number of likely N-dealkylation sites (N-methyl/N-ethyl adjacent to an activating group) is 1. The fourth-order valence-electron chi connectivity index (χ4n) is 3.20. The highest BCUT2D eigenvalue weighted by atomic mass is 32.2. The predicted octanol–water partition coefficient (Wildman–Crippen LogP) is 4.02. The highest BCUT2D eigenvalue weighted by molar-refractivity contribution is 8.26. The Labute approximate surface area is 188 Å². The summed E-state index contributed by atoms with van der Waals surface area (Å²) in [5, 5.41) is 0. The van der Waals surface area contributed by atoms with E-state index in [0.717, 1.165) is 17.3 Å². The molecule has 1 aliphatic heterocycles. The second kappa shape index (κ2) is 8.52. The van der Waals surface area contributed by atoms with E-state index in [1.807, 2.05) is 26.0 Å². The van der Waals surface area contributed by atoms with Gasteiger partial charge in [-0.05, 0) is 43.7 Å². The first kappa shape index (κ1) is 21.1. The van der Waals surface area contributed by atoms with Gasteiger partial charge in [0.15, 0.2) is 11.5 Å². The molecule has 1 aliphatic rings. The number of amides is 1. The Kier molecular flexibility index (Phi) is 5.79. The number of para-hydroxylation sites is 2. The second-order valence-electron chi connectivity index (χ2n) is 6.70. The lowest BCUT2D eigenvalue weighted by atomic mass is 10.2. The number of hydrogen-bond acceptors (Lipinski definition) is 7. The number of rotatable bonds is 5. The van der Waals surface area contributed by atoms with Crippen molar-refractivity contribution >= 4 is 45.9 Å². The molecule has 0 N–H and O–H groups in total. The maximum atomic E-state index is 13.4. The lowest BCUT2D eigenvalue weighted by molar-refractivity contribution is -0.121. The number of carbonyl (C=O) groups excluding carboxylic acids is 1. The molecule has 1 aromatic carbocycles. The Morgan fingerprint density at radius 1 is 1.16 bits per heavy atom. The van der Waals surface area contributed by atoms with Gasteiger partial charge in [-0.15, -0.1) is 0 Å². The highest BCUT2D eigenvalue weighted by Gasteiger charge is 2.31. The number of pyridine rings is 1. The molecule has 9 heteroatoms. The van der Waals surface area contributed by atoms with Crippen LogP contribution in [-0.2, 0) is 4.79 Å². The van der Waals surface area contributed by atoms with Crippen molar-refractivity contribution in [2.45, 2.75) is 13.8 Å². The van der Waals surface area contributed by atoms with E-state index in [9.17, 15) is 9.59 Å².